The maximum Gasteiger partial charge on any atom is 0.0212 e. The van der Waals surface area contributed by atoms with Gasteiger partial charge in [0.15, 0.2) is 0 Å². The molecule has 80 valence electrons. The fraction of sp³-hybridized carbons (Fsp3) is 1.00. The van der Waals surface area contributed by atoms with Crippen molar-refractivity contribution in [1.29, 1.82) is 0 Å². The highest BCUT2D eigenvalue weighted by Gasteiger charge is 2.48. The molecular formula is C12H22N2. The van der Waals surface area contributed by atoms with E-state index in [9.17, 15) is 0 Å². The molecule has 2 aliphatic carbocycles. The first-order chi connectivity index (χ1) is 6.74. The Balaban J connectivity index is 1.53. The maximum atomic E-state index is 3.89. The van der Waals surface area contributed by atoms with Crippen molar-refractivity contribution in [3.8, 4) is 0 Å². The third-order valence-electron chi connectivity index (χ3n) is 4.68. The van der Waals surface area contributed by atoms with Crippen LogP contribution in [0.2, 0.25) is 0 Å². The van der Waals surface area contributed by atoms with Crippen LogP contribution in [-0.4, -0.2) is 36.6 Å². The molecule has 0 aromatic heterocycles. The molecule has 0 radical (unpaired) electrons. The molecule has 2 heteroatoms. The molecule has 2 nitrogen and oxygen atoms in total. The summed E-state index contributed by atoms with van der Waals surface area (Å²) in [4.78, 5) is 2.48. The Labute approximate surface area is 87.0 Å². The van der Waals surface area contributed by atoms with Crippen LogP contribution in [0.4, 0.5) is 0 Å². The molecule has 1 N–H and O–H groups in total. The fourth-order valence-corrected chi connectivity index (χ4v) is 3.53. The third-order valence-corrected chi connectivity index (χ3v) is 4.68. The summed E-state index contributed by atoms with van der Waals surface area (Å²) in [6, 6.07) is 2.44. The molecule has 3 fully saturated rings. The Morgan fingerprint density at radius 1 is 1.21 bits per heavy atom. The van der Waals surface area contributed by atoms with Crippen molar-refractivity contribution < 1.29 is 0 Å². The van der Waals surface area contributed by atoms with Crippen LogP contribution in [0.5, 0.6) is 0 Å². The second kappa shape index (κ2) is 3.21. The van der Waals surface area contributed by atoms with Crippen LogP contribution in [0.1, 0.15) is 32.6 Å². The van der Waals surface area contributed by atoms with Crippen molar-refractivity contribution in [2.45, 2.75) is 50.7 Å². The Morgan fingerprint density at radius 2 is 2.07 bits per heavy atom. The van der Waals surface area contributed by atoms with E-state index in [0.29, 0.717) is 0 Å². The zero-order chi connectivity index (χ0) is 9.71. The predicted molar refractivity (Wildman–Crippen MR) is 58.3 cm³/mol. The van der Waals surface area contributed by atoms with Gasteiger partial charge in [0.1, 0.15) is 0 Å². The van der Waals surface area contributed by atoms with E-state index in [4.69, 9.17) is 0 Å². The highest BCUT2D eigenvalue weighted by molar-refractivity contribution is 5.03. The van der Waals surface area contributed by atoms with Crippen molar-refractivity contribution >= 4 is 0 Å². The van der Waals surface area contributed by atoms with Gasteiger partial charge in [-0.3, -0.25) is 0 Å². The van der Waals surface area contributed by atoms with Crippen molar-refractivity contribution in [1.82, 2.24) is 10.2 Å². The Hall–Kier alpha value is -0.0800. The van der Waals surface area contributed by atoms with Crippen LogP contribution in [0.15, 0.2) is 0 Å². The zero-order valence-electron chi connectivity index (χ0n) is 9.37. The second-order valence-electron chi connectivity index (χ2n) is 5.73. The van der Waals surface area contributed by atoms with Crippen LogP contribution in [0.3, 0.4) is 0 Å². The zero-order valence-corrected chi connectivity index (χ0v) is 9.37. The van der Waals surface area contributed by atoms with Gasteiger partial charge in [0, 0.05) is 24.7 Å². The first-order valence-corrected chi connectivity index (χ1v) is 6.20. The van der Waals surface area contributed by atoms with Crippen LogP contribution < -0.4 is 5.32 Å². The van der Waals surface area contributed by atoms with Crippen LogP contribution >= 0.6 is 0 Å². The second-order valence-corrected chi connectivity index (χ2v) is 5.73. The molecule has 5 unspecified atom stereocenters. The number of likely N-dealkylation sites (tertiary alicyclic amines) is 1. The lowest BCUT2D eigenvalue weighted by molar-refractivity contribution is 0.322. The molecule has 5 atom stereocenters. The number of nitrogens with zero attached hydrogens (tertiary/aromatic N) is 1. The van der Waals surface area contributed by atoms with Gasteiger partial charge < -0.3 is 10.2 Å². The van der Waals surface area contributed by atoms with E-state index in [1.54, 1.807) is 0 Å². The largest absolute Gasteiger partial charge is 0.310 e. The smallest absolute Gasteiger partial charge is 0.0212 e. The molecule has 0 bridgehead atoms. The van der Waals surface area contributed by atoms with E-state index in [1.807, 2.05) is 0 Å². The summed E-state index contributed by atoms with van der Waals surface area (Å²) in [5, 5.41) is 3.89. The minimum Gasteiger partial charge on any atom is -0.310 e. The average Bonchev–Trinajstić information content (AvgIpc) is 2.73. The van der Waals surface area contributed by atoms with Crippen molar-refractivity contribution in [2.24, 2.45) is 11.8 Å². The number of fused-ring (bicyclic) bond motifs is 1. The summed E-state index contributed by atoms with van der Waals surface area (Å²) < 4.78 is 0. The van der Waals surface area contributed by atoms with E-state index >= 15 is 0 Å². The Bertz CT molecular complexity index is 218. The summed E-state index contributed by atoms with van der Waals surface area (Å²) in [5.41, 5.74) is 0. The quantitative estimate of drug-likeness (QED) is 0.716. The van der Waals surface area contributed by atoms with Gasteiger partial charge in [-0.2, -0.15) is 0 Å². The number of hydrogen-bond donors (Lipinski definition) is 1. The average molecular weight is 194 g/mol. The number of rotatable bonds is 2. The van der Waals surface area contributed by atoms with Crippen LogP contribution in [0.25, 0.3) is 0 Å². The normalized spacial score (nSPS) is 52.3. The lowest BCUT2D eigenvalue weighted by Gasteiger charge is -2.19. The summed E-state index contributed by atoms with van der Waals surface area (Å²) >= 11 is 0. The minimum absolute atomic E-state index is 0.777. The van der Waals surface area contributed by atoms with Crippen LogP contribution in [0, 0.1) is 11.8 Å². The molecule has 0 spiro atoms. The first kappa shape index (κ1) is 9.17. The molecule has 3 rings (SSSR count). The van der Waals surface area contributed by atoms with E-state index in [-0.39, 0.29) is 0 Å². The molecule has 3 aliphatic rings. The number of nitrogens with one attached hydrogen (secondary N) is 1. The molecule has 1 aliphatic heterocycles. The molecule has 14 heavy (non-hydrogen) atoms. The predicted octanol–water partition coefficient (Wildman–Crippen LogP) is 1.47. The number of hydrogen-bond acceptors (Lipinski definition) is 2. The van der Waals surface area contributed by atoms with Gasteiger partial charge in [-0.1, -0.05) is 0 Å². The lowest BCUT2D eigenvalue weighted by Crippen LogP contribution is -2.39. The summed E-state index contributed by atoms with van der Waals surface area (Å²) in [6.07, 6.45) is 5.82. The summed E-state index contributed by atoms with van der Waals surface area (Å²) in [7, 11) is 2.25. The maximum absolute atomic E-state index is 3.89. The van der Waals surface area contributed by atoms with Crippen LogP contribution in [-0.2, 0) is 0 Å². The molecule has 0 aromatic rings. The Kier molecular flexibility index (Phi) is 2.10. The van der Waals surface area contributed by atoms with Gasteiger partial charge >= 0.3 is 0 Å². The van der Waals surface area contributed by atoms with Crippen molar-refractivity contribution in [3.05, 3.63) is 0 Å². The SMILES string of the molecule is CC1CC(NC2CCC3CC32)CN1C. The first-order valence-electron chi connectivity index (χ1n) is 6.20. The Morgan fingerprint density at radius 3 is 2.57 bits per heavy atom. The molecule has 0 aromatic carbocycles. The van der Waals surface area contributed by atoms with E-state index in [0.717, 1.165) is 30.0 Å². The summed E-state index contributed by atoms with van der Waals surface area (Å²) in [5.74, 6) is 2.18. The standard InChI is InChI=1S/C12H22N2/c1-8-5-10(7-14(8)2)13-12-4-3-9-6-11(9)12/h8-13H,3-7H2,1-2H3. The van der Waals surface area contributed by atoms with Gasteiger partial charge in [-0.15, -0.1) is 0 Å². The minimum atomic E-state index is 0.777. The topological polar surface area (TPSA) is 15.3 Å². The van der Waals surface area contributed by atoms with Gasteiger partial charge in [0.25, 0.3) is 0 Å². The molecular weight excluding hydrogens is 172 g/mol. The van der Waals surface area contributed by atoms with Gasteiger partial charge in [0.05, 0.1) is 0 Å². The highest BCUT2D eigenvalue weighted by Crippen LogP contribution is 2.51. The van der Waals surface area contributed by atoms with E-state index < -0.39 is 0 Å². The monoisotopic (exact) mass is 194 g/mol. The van der Waals surface area contributed by atoms with Gasteiger partial charge in [0.2, 0.25) is 0 Å². The van der Waals surface area contributed by atoms with Gasteiger partial charge in [-0.05, 0) is 51.5 Å². The van der Waals surface area contributed by atoms with Crippen molar-refractivity contribution in [2.75, 3.05) is 13.6 Å². The van der Waals surface area contributed by atoms with Crippen molar-refractivity contribution in [3.63, 3.8) is 0 Å². The highest BCUT2D eigenvalue weighted by atomic mass is 15.2. The third kappa shape index (κ3) is 1.49. The van der Waals surface area contributed by atoms with E-state index in [1.165, 1.54) is 32.2 Å². The molecule has 2 saturated carbocycles. The fourth-order valence-electron chi connectivity index (χ4n) is 3.53. The lowest BCUT2D eigenvalue weighted by atomic mass is 10.1. The molecule has 0 amide bonds. The number of likely N-dealkylation sites (N-methyl/N-ethyl adjacent to an activating group) is 1. The van der Waals surface area contributed by atoms with Gasteiger partial charge in [-0.25, -0.2) is 0 Å². The molecule has 1 heterocycles. The molecule has 1 saturated heterocycles. The van der Waals surface area contributed by atoms with E-state index in [2.05, 4.69) is 24.2 Å². The summed E-state index contributed by atoms with van der Waals surface area (Å²) in [6.45, 7) is 3.60.